The number of imide groups is 1. The highest BCUT2D eigenvalue weighted by Crippen LogP contribution is 2.36. The molecule has 1 N–H and O–H groups in total. The second-order valence-corrected chi connectivity index (χ2v) is 7.23. The molecule has 2 aliphatic heterocycles. The van der Waals surface area contributed by atoms with E-state index in [-0.39, 0.29) is 18.0 Å². The second kappa shape index (κ2) is 5.97. The number of urea groups is 1. The Hall–Kier alpha value is -2.18. The van der Waals surface area contributed by atoms with E-state index in [0.717, 1.165) is 25.3 Å². The van der Waals surface area contributed by atoms with Crippen molar-refractivity contribution in [3.63, 3.8) is 0 Å². The summed E-state index contributed by atoms with van der Waals surface area (Å²) in [5, 5.41) is 2.91. The minimum Gasteiger partial charge on any atom is -0.367 e. The fourth-order valence-electron chi connectivity index (χ4n) is 4.38. The Morgan fingerprint density at radius 3 is 2.60 bits per heavy atom. The topological polar surface area (TPSA) is 52.7 Å². The van der Waals surface area contributed by atoms with Crippen LogP contribution in [0.1, 0.15) is 38.5 Å². The van der Waals surface area contributed by atoms with Crippen LogP contribution in [0.4, 0.5) is 19.3 Å². The number of benzene rings is 1. The maximum absolute atomic E-state index is 14.0. The molecule has 5 nitrogen and oxygen atoms in total. The molecule has 3 aliphatic rings. The lowest BCUT2D eigenvalue weighted by Crippen LogP contribution is -2.49. The molecule has 7 heteroatoms. The highest BCUT2D eigenvalue weighted by atomic mass is 19.1. The van der Waals surface area contributed by atoms with E-state index in [1.54, 1.807) is 4.90 Å². The van der Waals surface area contributed by atoms with E-state index >= 15 is 0 Å². The molecule has 25 heavy (non-hydrogen) atoms. The van der Waals surface area contributed by atoms with E-state index in [9.17, 15) is 18.4 Å². The molecule has 2 heterocycles. The van der Waals surface area contributed by atoms with Crippen LogP contribution in [0, 0.1) is 11.6 Å². The van der Waals surface area contributed by atoms with Gasteiger partial charge in [-0.05, 0) is 31.4 Å². The third-order valence-electron chi connectivity index (χ3n) is 5.68. The maximum Gasteiger partial charge on any atom is 0.325 e. The van der Waals surface area contributed by atoms with Gasteiger partial charge in [0, 0.05) is 19.2 Å². The zero-order chi connectivity index (χ0) is 17.6. The highest BCUT2D eigenvalue weighted by Gasteiger charge is 2.53. The summed E-state index contributed by atoms with van der Waals surface area (Å²) in [6, 6.07) is 2.86. The molecule has 2 saturated heterocycles. The fraction of sp³-hybridized carbons (Fsp3) is 0.556. The summed E-state index contributed by atoms with van der Waals surface area (Å²) in [6.07, 6.45) is 4.95. The van der Waals surface area contributed by atoms with E-state index in [0.29, 0.717) is 38.0 Å². The Balaban J connectivity index is 1.51. The summed E-state index contributed by atoms with van der Waals surface area (Å²) in [4.78, 5) is 28.5. The number of rotatable bonds is 2. The summed E-state index contributed by atoms with van der Waals surface area (Å²) in [7, 11) is 0. The molecular formula is C18H21F2N3O2. The second-order valence-electron chi connectivity index (χ2n) is 7.23. The lowest BCUT2D eigenvalue weighted by molar-refractivity contribution is -0.133. The highest BCUT2D eigenvalue weighted by molar-refractivity contribution is 6.07. The number of nitrogens with zero attached hydrogens (tertiary/aromatic N) is 2. The molecule has 134 valence electrons. The number of hydrogen-bond acceptors (Lipinski definition) is 3. The molecule has 1 atom stereocenters. The van der Waals surface area contributed by atoms with Crippen molar-refractivity contribution in [3.05, 3.63) is 29.8 Å². The van der Waals surface area contributed by atoms with Crippen molar-refractivity contribution in [1.29, 1.82) is 0 Å². The molecule has 0 radical (unpaired) electrons. The van der Waals surface area contributed by atoms with Gasteiger partial charge in [0.1, 0.15) is 17.2 Å². The molecule has 0 aromatic heterocycles. The first kappa shape index (κ1) is 16.3. The SMILES string of the molecule is O=C1NC2(CCCCC2)C(=O)N1C1CCN(c2ccc(F)cc2F)C1. The van der Waals surface area contributed by atoms with Crippen LogP contribution in [0.2, 0.25) is 0 Å². The molecule has 0 bridgehead atoms. The van der Waals surface area contributed by atoms with Crippen molar-refractivity contribution in [3.8, 4) is 0 Å². The van der Waals surface area contributed by atoms with Gasteiger partial charge in [-0.25, -0.2) is 13.6 Å². The molecular weight excluding hydrogens is 328 g/mol. The normalized spacial score (nSPS) is 25.8. The fourth-order valence-corrected chi connectivity index (χ4v) is 4.38. The average molecular weight is 349 g/mol. The summed E-state index contributed by atoms with van der Waals surface area (Å²) < 4.78 is 27.1. The minimum absolute atomic E-state index is 0.136. The molecule has 1 unspecified atom stereocenters. The number of carbonyl (C=O) groups is 2. The van der Waals surface area contributed by atoms with Crippen LogP contribution in [-0.4, -0.2) is 41.5 Å². The summed E-state index contributed by atoms with van der Waals surface area (Å²) in [5.74, 6) is -1.38. The standard InChI is InChI=1S/C18H21F2N3O2/c19-12-4-5-15(14(20)10-12)22-9-6-13(11-22)23-16(24)18(21-17(23)25)7-2-1-3-8-18/h4-5,10,13H,1-3,6-9,11H2,(H,21,25). The molecule has 3 amide bonds. The van der Waals surface area contributed by atoms with E-state index in [2.05, 4.69) is 5.32 Å². The molecule has 1 aromatic carbocycles. The Morgan fingerprint density at radius 2 is 1.88 bits per heavy atom. The zero-order valence-corrected chi connectivity index (χ0v) is 13.9. The monoisotopic (exact) mass is 349 g/mol. The van der Waals surface area contributed by atoms with Crippen LogP contribution in [-0.2, 0) is 4.79 Å². The van der Waals surface area contributed by atoms with Crippen LogP contribution in [0.15, 0.2) is 18.2 Å². The predicted molar refractivity (Wildman–Crippen MR) is 88.2 cm³/mol. The Kier molecular flexibility index (Phi) is 3.89. The van der Waals surface area contributed by atoms with Crippen LogP contribution < -0.4 is 10.2 Å². The van der Waals surface area contributed by atoms with Crippen molar-refractivity contribution in [2.75, 3.05) is 18.0 Å². The molecule has 1 saturated carbocycles. The van der Waals surface area contributed by atoms with Crippen molar-refractivity contribution in [2.45, 2.75) is 50.1 Å². The molecule has 4 rings (SSSR count). The van der Waals surface area contributed by atoms with E-state index < -0.39 is 17.2 Å². The van der Waals surface area contributed by atoms with Crippen molar-refractivity contribution >= 4 is 17.6 Å². The van der Waals surface area contributed by atoms with Crippen molar-refractivity contribution in [1.82, 2.24) is 10.2 Å². The minimum atomic E-state index is -0.732. The Bertz CT molecular complexity index is 718. The molecule has 1 aliphatic carbocycles. The van der Waals surface area contributed by atoms with Gasteiger partial charge >= 0.3 is 6.03 Å². The van der Waals surface area contributed by atoms with Gasteiger partial charge in [-0.1, -0.05) is 19.3 Å². The summed E-state index contributed by atoms with van der Waals surface area (Å²) in [5.41, 5.74) is -0.424. The van der Waals surface area contributed by atoms with Crippen LogP contribution >= 0.6 is 0 Å². The predicted octanol–water partition coefficient (Wildman–Crippen LogP) is 2.80. The maximum atomic E-state index is 14.0. The molecule has 1 spiro atoms. The first-order valence-corrected chi connectivity index (χ1v) is 8.86. The summed E-state index contributed by atoms with van der Waals surface area (Å²) in [6.45, 7) is 0.898. The van der Waals surface area contributed by atoms with Gasteiger partial charge < -0.3 is 10.2 Å². The number of hydrogen-bond donors (Lipinski definition) is 1. The average Bonchev–Trinajstić information content (AvgIpc) is 3.12. The van der Waals surface area contributed by atoms with Gasteiger partial charge in [0.2, 0.25) is 0 Å². The number of nitrogens with one attached hydrogen (secondary N) is 1. The third kappa shape index (κ3) is 2.65. The van der Waals surface area contributed by atoms with Crippen LogP contribution in [0.3, 0.4) is 0 Å². The third-order valence-corrected chi connectivity index (χ3v) is 5.68. The van der Waals surface area contributed by atoms with Crippen molar-refractivity contribution in [2.24, 2.45) is 0 Å². The van der Waals surface area contributed by atoms with E-state index in [1.165, 1.54) is 17.0 Å². The number of carbonyl (C=O) groups excluding carboxylic acids is 2. The van der Waals surface area contributed by atoms with Crippen LogP contribution in [0.5, 0.6) is 0 Å². The zero-order valence-electron chi connectivity index (χ0n) is 13.9. The number of amides is 3. The van der Waals surface area contributed by atoms with Gasteiger partial charge in [0.25, 0.3) is 5.91 Å². The van der Waals surface area contributed by atoms with Crippen molar-refractivity contribution < 1.29 is 18.4 Å². The largest absolute Gasteiger partial charge is 0.367 e. The van der Waals surface area contributed by atoms with Gasteiger partial charge in [0.15, 0.2) is 0 Å². The van der Waals surface area contributed by atoms with Crippen LogP contribution in [0.25, 0.3) is 0 Å². The van der Waals surface area contributed by atoms with E-state index in [1.807, 2.05) is 0 Å². The lowest BCUT2D eigenvalue weighted by atomic mass is 9.81. The first-order valence-electron chi connectivity index (χ1n) is 8.86. The Morgan fingerprint density at radius 1 is 1.12 bits per heavy atom. The quantitative estimate of drug-likeness (QED) is 0.836. The number of anilines is 1. The van der Waals surface area contributed by atoms with Gasteiger partial charge in [-0.15, -0.1) is 0 Å². The molecule has 3 fully saturated rings. The smallest absolute Gasteiger partial charge is 0.325 e. The molecule has 1 aromatic rings. The first-order chi connectivity index (χ1) is 12.0. The van der Waals surface area contributed by atoms with Gasteiger partial charge in [0.05, 0.1) is 11.7 Å². The van der Waals surface area contributed by atoms with Gasteiger partial charge in [-0.2, -0.15) is 0 Å². The number of halogens is 2. The summed E-state index contributed by atoms with van der Waals surface area (Å²) >= 11 is 0. The van der Waals surface area contributed by atoms with Gasteiger partial charge in [-0.3, -0.25) is 9.69 Å². The lowest BCUT2D eigenvalue weighted by Gasteiger charge is -2.31. The Labute approximate surface area is 145 Å². The van der Waals surface area contributed by atoms with E-state index in [4.69, 9.17) is 0 Å².